The third-order valence-electron chi connectivity index (χ3n) is 4.63. The van der Waals surface area contributed by atoms with Gasteiger partial charge in [0, 0.05) is 23.1 Å². The van der Waals surface area contributed by atoms with Crippen LogP contribution in [0.4, 0.5) is 15.2 Å². The highest BCUT2D eigenvalue weighted by atomic mass is 32.2. The molecule has 0 saturated heterocycles. The number of hydrogen-bond acceptors (Lipinski definition) is 9. The Balaban J connectivity index is 1.30. The number of nitrogens with one attached hydrogen (secondary N) is 1. The fourth-order valence-corrected chi connectivity index (χ4v) is 4.95. The number of methoxy groups -OCH3 is 1. The number of nitrogens with zero attached hydrogens (tertiary/aromatic N) is 3. The predicted octanol–water partition coefficient (Wildman–Crippen LogP) is 4.87. The summed E-state index contributed by atoms with van der Waals surface area (Å²) in [7, 11) is 1.35. The van der Waals surface area contributed by atoms with E-state index in [-0.39, 0.29) is 11.8 Å². The van der Waals surface area contributed by atoms with Crippen LogP contribution in [0.25, 0.3) is 21.5 Å². The van der Waals surface area contributed by atoms with Crippen LogP contribution in [0.15, 0.2) is 58.0 Å². The molecule has 5 rings (SSSR count). The van der Waals surface area contributed by atoms with Gasteiger partial charge >= 0.3 is 5.97 Å². The van der Waals surface area contributed by atoms with Gasteiger partial charge < -0.3 is 14.6 Å². The fourth-order valence-electron chi connectivity index (χ4n) is 3.08. The monoisotopic (exact) mass is 454 g/mol. The highest BCUT2D eigenvalue weighted by Gasteiger charge is 2.28. The number of carbonyl (C=O) groups excluding carboxylic acids is 1. The SMILES string of the molecule is COC(=O)[C@H]1CSC(c2cc(-c3ccc(Nc4nc5ccc(F)cc5s4)cc3)no2)=N1. The van der Waals surface area contributed by atoms with Gasteiger partial charge in [-0.05, 0) is 30.3 Å². The molecule has 1 atom stereocenters. The van der Waals surface area contributed by atoms with Crippen LogP contribution >= 0.6 is 23.1 Å². The van der Waals surface area contributed by atoms with E-state index in [0.717, 1.165) is 21.5 Å². The minimum atomic E-state index is -0.511. The number of hydrogen-bond donors (Lipinski definition) is 1. The molecule has 7 nitrogen and oxygen atoms in total. The topological polar surface area (TPSA) is 89.6 Å². The van der Waals surface area contributed by atoms with Gasteiger partial charge in [-0.25, -0.2) is 14.2 Å². The van der Waals surface area contributed by atoms with Gasteiger partial charge in [-0.2, -0.15) is 0 Å². The standard InChI is InChI=1S/C21H15FN4O3S2/c1-28-20(27)16-10-30-19(24-16)17-9-15(26-29-17)11-2-5-13(6-3-11)23-21-25-14-7-4-12(22)8-18(14)31-21/h2-9,16H,10H2,1H3,(H,23,25)/t16-/m1/s1. The lowest BCUT2D eigenvalue weighted by atomic mass is 10.1. The molecule has 0 spiro atoms. The van der Waals surface area contributed by atoms with Crippen molar-refractivity contribution >= 4 is 55.1 Å². The molecule has 3 heterocycles. The lowest BCUT2D eigenvalue weighted by molar-refractivity contribution is -0.141. The molecule has 31 heavy (non-hydrogen) atoms. The Kier molecular flexibility index (Phi) is 5.16. The molecule has 0 aliphatic carbocycles. The zero-order chi connectivity index (χ0) is 21.4. The van der Waals surface area contributed by atoms with E-state index in [2.05, 4.69) is 20.4 Å². The molecule has 0 fully saturated rings. The Morgan fingerprint density at radius 3 is 2.87 bits per heavy atom. The third kappa shape index (κ3) is 4.04. The molecule has 0 saturated carbocycles. The van der Waals surface area contributed by atoms with Gasteiger partial charge in [-0.15, -0.1) is 11.8 Å². The van der Waals surface area contributed by atoms with Gasteiger partial charge in [-0.1, -0.05) is 28.6 Å². The summed E-state index contributed by atoms with van der Waals surface area (Å²) in [6, 6.07) is 13.5. The molecule has 0 bridgehead atoms. The molecule has 0 amide bonds. The van der Waals surface area contributed by atoms with Crippen LogP contribution in [0, 0.1) is 5.82 Å². The van der Waals surface area contributed by atoms with Crippen molar-refractivity contribution in [2.75, 3.05) is 18.2 Å². The van der Waals surface area contributed by atoms with Gasteiger partial charge in [0.25, 0.3) is 0 Å². The Hall–Kier alpha value is -3.24. The third-order valence-corrected chi connectivity index (χ3v) is 6.62. The van der Waals surface area contributed by atoms with E-state index in [9.17, 15) is 9.18 Å². The number of fused-ring (bicyclic) bond motifs is 1. The summed E-state index contributed by atoms with van der Waals surface area (Å²) >= 11 is 2.83. The van der Waals surface area contributed by atoms with Crippen molar-refractivity contribution in [2.24, 2.45) is 4.99 Å². The highest BCUT2D eigenvalue weighted by Crippen LogP contribution is 2.31. The highest BCUT2D eigenvalue weighted by molar-refractivity contribution is 8.14. The van der Waals surface area contributed by atoms with Crippen molar-refractivity contribution in [1.82, 2.24) is 10.1 Å². The van der Waals surface area contributed by atoms with Gasteiger partial charge in [0.05, 0.1) is 17.3 Å². The quantitative estimate of drug-likeness (QED) is 0.430. The molecule has 0 radical (unpaired) electrons. The maximum absolute atomic E-state index is 13.4. The predicted molar refractivity (Wildman–Crippen MR) is 120 cm³/mol. The molecular weight excluding hydrogens is 439 g/mol. The van der Waals surface area contributed by atoms with Gasteiger partial charge in [0.15, 0.2) is 16.9 Å². The number of ether oxygens (including phenoxy) is 1. The zero-order valence-corrected chi connectivity index (χ0v) is 17.8. The summed E-state index contributed by atoms with van der Waals surface area (Å²) in [4.78, 5) is 20.5. The summed E-state index contributed by atoms with van der Waals surface area (Å²) in [6.45, 7) is 0. The van der Waals surface area contributed by atoms with Crippen LogP contribution in [0.1, 0.15) is 5.76 Å². The van der Waals surface area contributed by atoms with Crippen molar-refractivity contribution in [3.8, 4) is 11.3 Å². The first-order valence-electron chi connectivity index (χ1n) is 9.28. The average Bonchev–Trinajstić information content (AvgIpc) is 3.52. The summed E-state index contributed by atoms with van der Waals surface area (Å²) in [5.74, 6) is 0.414. The Bertz CT molecular complexity index is 1300. The average molecular weight is 455 g/mol. The minimum Gasteiger partial charge on any atom is -0.467 e. The summed E-state index contributed by atoms with van der Waals surface area (Å²) < 4.78 is 24.3. The van der Waals surface area contributed by atoms with Gasteiger partial charge in [0.1, 0.15) is 16.6 Å². The fraction of sp³-hybridized carbons (Fsp3) is 0.143. The number of thiazole rings is 1. The minimum absolute atomic E-state index is 0.276. The second-order valence-electron chi connectivity index (χ2n) is 6.69. The first-order chi connectivity index (χ1) is 15.1. The maximum Gasteiger partial charge on any atom is 0.331 e. The number of thioether (sulfide) groups is 1. The van der Waals surface area contributed by atoms with E-state index >= 15 is 0 Å². The van der Waals surface area contributed by atoms with Crippen LogP contribution in [0.2, 0.25) is 0 Å². The van der Waals surface area contributed by atoms with E-state index in [4.69, 9.17) is 9.26 Å². The largest absolute Gasteiger partial charge is 0.467 e. The van der Waals surface area contributed by atoms with Crippen LogP contribution in [-0.2, 0) is 9.53 Å². The summed E-state index contributed by atoms with van der Waals surface area (Å²) in [5.41, 5.74) is 3.15. The van der Waals surface area contributed by atoms with Crippen LogP contribution in [0.5, 0.6) is 0 Å². The van der Waals surface area contributed by atoms with E-state index < -0.39 is 6.04 Å². The Morgan fingerprint density at radius 1 is 1.23 bits per heavy atom. The number of carbonyl (C=O) groups is 1. The van der Waals surface area contributed by atoms with Crippen LogP contribution in [0.3, 0.4) is 0 Å². The Labute approximate surface area is 184 Å². The molecule has 1 aliphatic rings. The van der Waals surface area contributed by atoms with Crippen molar-refractivity contribution in [3.05, 3.63) is 60.1 Å². The number of esters is 1. The number of halogens is 1. The number of benzene rings is 2. The second-order valence-corrected chi connectivity index (χ2v) is 8.73. The molecule has 1 aliphatic heterocycles. The van der Waals surface area contributed by atoms with E-state index in [1.165, 1.54) is 42.3 Å². The Morgan fingerprint density at radius 2 is 2.06 bits per heavy atom. The first kappa shape index (κ1) is 19.7. The zero-order valence-electron chi connectivity index (χ0n) is 16.2. The lowest BCUT2D eigenvalue weighted by Gasteiger charge is -2.03. The van der Waals surface area contributed by atoms with Gasteiger partial charge in [0.2, 0.25) is 0 Å². The van der Waals surface area contributed by atoms with Crippen LogP contribution < -0.4 is 5.32 Å². The van der Waals surface area contributed by atoms with Crippen molar-refractivity contribution in [2.45, 2.75) is 6.04 Å². The summed E-state index contributed by atoms with van der Waals surface area (Å²) in [6.07, 6.45) is 0. The molecular formula is C21H15FN4O3S2. The summed E-state index contributed by atoms with van der Waals surface area (Å²) in [5, 5.41) is 8.68. The lowest BCUT2D eigenvalue weighted by Crippen LogP contribution is -2.19. The van der Waals surface area contributed by atoms with Crippen LogP contribution in [-0.4, -0.2) is 40.1 Å². The second kappa shape index (κ2) is 8.12. The normalized spacial score (nSPS) is 15.8. The number of aromatic nitrogens is 2. The van der Waals surface area contributed by atoms with E-state index in [0.29, 0.717) is 27.4 Å². The van der Waals surface area contributed by atoms with E-state index in [1.54, 1.807) is 12.1 Å². The molecule has 156 valence electrons. The maximum atomic E-state index is 13.4. The number of anilines is 2. The molecule has 2 aromatic carbocycles. The number of aliphatic imine (C=N–C) groups is 1. The first-order valence-corrected chi connectivity index (χ1v) is 11.1. The molecule has 10 heteroatoms. The van der Waals surface area contributed by atoms with E-state index in [1.807, 2.05) is 24.3 Å². The smallest absolute Gasteiger partial charge is 0.331 e. The molecule has 4 aromatic rings. The molecule has 0 unspecified atom stereocenters. The number of rotatable bonds is 5. The van der Waals surface area contributed by atoms with Gasteiger partial charge in [-0.3, -0.25) is 4.99 Å². The van der Waals surface area contributed by atoms with Crippen molar-refractivity contribution < 1.29 is 18.4 Å². The van der Waals surface area contributed by atoms with Crippen molar-refractivity contribution in [3.63, 3.8) is 0 Å². The molecule has 2 aromatic heterocycles. The molecule has 1 N–H and O–H groups in total. The van der Waals surface area contributed by atoms with Crippen molar-refractivity contribution in [1.29, 1.82) is 0 Å².